The molecule has 0 bridgehead atoms. The van der Waals surface area contributed by atoms with Gasteiger partial charge in [0, 0.05) is 6.20 Å². The van der Waals surface area contributed by atoms with Gasteiger partial charge in [0.25, 0.3) is 6.47 Å². The van der Waals surface area contributed by atoms with Crippen molar-refractivity contribution in [3.05, 3.63) is 30.5 Å². The molecule has 0 atom stereocenters. The molecule has 0 aliphatic carbocycles. The highest BCUT2D eigenvalue weighted by Crippen LogP contribution is 2.10. The summed E-state index contributed by atoms with van der Waals surface area (Å²) in [5.74, 6) is 0.458. The lowest BCUT2D eigenvalue weighted by atomic mass is 10.2. The Morgan fingerprint density at radius 1 is 1.43 bits per heavy atom. The van der Waals surface area contributed by atoms with Gasteiger partial charge in [-0.2, -0.15) is 0 Å². The molecule has 0 radical (unpaired) electrons. The first-order valence-corrected chi connectivity index (χ1v) is 6.46. The lowest BCUT2D eigenvalue weighted by Gasteiger charge is -2.19. The van der Waals surface area contributed by atoms with Crippen molar-refractivity contribution in [3.8, 4) is 0 Å². The average molecular weight is 294 g/mol. The molecule has 0 aliphatic rings. The molecule has 1 N–H and O–H groups in total. The molecule has 6 heteroatoms. The van der Waals surface area contributed by atoms with E-state index < -0.39 is 11.7 Å². The summed E-state index contributed by atoms with van der Waals surface area (Å²) >= 11 is 0. The van der Waals surface area contributed by atoms with Crippen LogP contribution in [0.5, 0.6) is 0 Å². The van der Waals surface area contributed by atoms with Gasteiger partial charge in [-0.3, -0.25) is 10.1 Å². The zero-order chi connectivity index (χ0) is 16.3. The summed E-state index contributed by atoms with van der Waals surface area (Å²) in [5.41, 5.74) is 0.389. The molecule has 0 saturated carbocycles. The second-order valence-electron chi connectivity index (χ2n) is 4.86. The highest BCUT2D eigenvalue weighted by molar-refractivity contribution is 5.83. The van der Waals surface area contributed by atoms with Crippen molar-refractivity contribution in [1.82, 2.24) is 4.98 Å². The molecular weight excluding hydrogens is 272 g/mol. The predicted molar refractivity (Wildman–Crippen MR) is 81.9 cm³/mol. The molecule has 0 aliphatic heterocycles. The molecule has 0 saturated heterocycles. The number of amides is 1. The minimum Gasteiger partial charge on any atom is -0.468 e. The quantitative estimate of drug-likeness (QED) is 0.862. The van der Waals surface area contributed by atoms with Crippen LogP contribution in [0.1, 0.15) is 33.3 Å². The maximum Gasteiger partial charge on any atom is 0.413 e. The van der Waals surface area contributed by atoms with E-state index >= 15 is 0 Å². The lowest BCUT2D eigenvalue weighted by Crippen LogP contribution is -2.27. The summed E-state index contributed by atoms with van der Waals surface area (Å²) in [6, 6.07) is 3.51. The summed E-state index contributed by atoms with van der Waals surface area (Å²) in [5, 5.41) is 2.54. The average Bonchev–Trinajstić information content (AvgIpc) is 2.39. The molecule has 1 heterocycles. The van der Waals surface area contributed by atoms with Crippen LogP contribution in [0.2, 0.25) is 0 Å². The van der Waals surface area contributed by atoms with Crippen molar-refractivity contribution in [2.75, 3.05) is 11.9 Å². The van der Waals surface area contributed by atoms with Gasteiger partial charge >= 0.3 is 6.09 Å². The van der Waals surface area contributed by atoms with E-state index in [-0.39, 0.29) is 0 Å². The van der Waals surface area contributed by atoms with Crippen molar-refractivity contribution in [3.63, 3.8) is 0 Å². The Labute approximate surface area is 125 Å². The zero-order valence-corrected chi connectivity index (χ0v) is 12.9. The monoisotopic (exact) mass is 294 g/mol. The Kier molecular flexibility index (Phi) is 8.45. The molecule has 0 spiro atoms. The number of aromatic nitrogens is 1. The van der Waals surface area contributed by atoms with Crippen LogP contribution in [0.4, 0.5) is 10.6 Å². The number of anilines is 1. The molecule has 0 aromatic carbocycles. The Morgan fingerprint density at radius 2 is 2.10 bits per heavy atom. The Hall–Kier alpha value is -2.37. The lowest BCUT2D eigenvalue weighted by molar-refractivity contribution is -0.128. The molecule has 1 rings (SSSR count). The Morgan fingerprint density at radius 3 is 2.43 bits per heavy atom. The van der Waals surface area contributed by atoms with Crippen molar-refractivity contribution < 1.29 is 19.1 Å². The van der Waals surface area contributed by atoms with Crippen molar-refractivity contribution in [2.24, 2.45) is 0 Å². The molecule has 116 valence electrons. The molecule has 0 fully saturated rings. The number of rotatable bonds is 4. The third kappa shape index (κ3) is 10.1. The van der Waals surface area contributed by atoms with Crippen LogP contribution >= 0.6 is 0 Å². The number of ether oxygens (including phenoxy) is 2. The first-order chi connectivity index (χ1) is 9.82. The molecule has 6 nitrogen and oxygen atoms in total. The first kappa shape index (κ1) is 18.6. The molecule has 21 heavy (non-hydrogen) atoms. The Bertz CT molecular complexity index is 450. The highest BCUT2D eigenvalue weighted by Gasteiger charge is 2.16. The van der Waals surface area contributed by atoms with E-state index in [1.807, 2.05) is 6.07 Å². The predicted octanol–water partition coefficient (Wildman–Crippen LogP) is 3.25. The summed E-state index contributed by atoms with van der Waals surface area (Å²) < 4.78 is 9.24. The number of carbonyl (C=O) groups is 2. The van der Waals surface area contributed by atoms with Gasteiger partial charge in [0.2, 0.25) is 0 Å². The van der Waals surface area contributed by atoms with Gasteiger partial charge in [0.15, 0.2) is 0 Å². The fourth-order valence-electron chi connectivity index (χ4n) is 1.08. The molecule has 1 aromatic rings. The summed E-state index contributed by atoms with van der Waals surface area (Å²) in [6.07, 6.45) is 2.80. The topological polar surface area (TPSA) is 77.5 Å². The van der Waals surface area contributed by atoms with Crippen LogP contribution in [0.25, 0.3) is 6.08 Å². The third-order valence-electron chi connectivity index (χ3n) is 1.89. The second kappa shape index (κ2) is 9.52. The van der Waals surface area contributed by atoms with Crippen molar-refractivity contribution in [1.29, 1.82) is 0 Å². The third-order valence-corrected chi connectivity index (χ3v) is 1.89. The van der Waals surface area contributed by atoms with E-state index in [1.165, 1.54) is 0 Å². The van der Waals surface area contributed by atoms with Crippen LogP contribution in [0.15, 0.2) is 24.9 Å². The zero-order valence-electron chi connectivity index (χ0n) is 12.9. The van der Waals surface area contributed by atoms with E-state index in [0.717, 1.165) is 5.56 Å². The van der Waals surface area contributed by atoms with E-state index in [4.69, 9.17) is 4.74 Å². The van der Waals surface area contributed by atoms with Gasteiger partial charge in [0.05, 0.1) is 6.61 Å². The number of nitrogens with zero attached hydrogens (tertiary/aromatic N) is 1. The largest absolute Gasteiger partial charge is 0.468 e. The van der Waals surface area contributed by atoms with E-state index in [2.05, 4.69) is 21.6 Å². The number of pyridine rings is 1. The summed E-state index contributed by atoms with van der Waals surface area (Å²) in [7, 11) is 0. The molecule has 0 unspecified atom stereocenters. The highest BCUT2D eigenvalue weighted by atomic mass is 16.6. The minimum absolute atomic E-state index is 0.431. The van der Waals surface area contributed by atoms with Gasteiger partial charge in [-0.25, -0.2) is 9.78 Å². The minimum atomic E-state index is -0.509. The summed E-state index contributed by atoms with van der Waals surface area (Å²) in [6.45, 7) is 11.7. The molecule has 1 aromatic heterocycles. The van der Waals surface area contributed by atoms with Crippen molar-refractivity contribution in [2.45, 2.75) is 33.3 Å². The standard InChI is InChI=1S/C12H16N2O2.C3H6O2/c1-5-9-6-7-10(13-8-9)14-11(15)16-12(2,3)4;1-2-5-3-4/h5-8H,1H2,2-4H3,(H,13,14,15);3H,2H2,1H3. The van der Waals surface area contributed by atoms with Gasteiger partial charge in [-0.1, -0.05) is 12.7 Å². The number of carbonyl (C=O) groups excluding carboxylic acids is 2. The maximum atomic E-state index is 11.4. The van der Waals surface area contributed by atoms with Gasteiger partial charge in [-0.05, 0) is 45.4 Å². The van der Waals surface area contributed by atoms with E-state index in [9.17, 15) is 9.59 Å². The number of hydrogen-bond acceptors (Lipinski definition) is 5. The van der Waals surface area contributed by atoms with Gasteiger partial charge in [-0.15, -0.1) is 0 Å². The van der Waals surface area contributed by atoms with Crippen LogP contribution in [0.3, 0.4) is 0 Å². The van der Waals surface area contributed by atoms with Crippen molar-refractivity contribution >= 4 is 24.5 Å². The van der Waals surface area contributed by atoms with Gasteiger partial charge in [0.1, 0.15) is 11.4 Å². The fourth-order valence-corrected chi connectivity index (χ4v) is 1.08. The van der Waals surface area contributed by atoms with Crippen LogP contribution < -0.4 is 5.32 Å². The van der Waals surface area contributed by atoms with Crippen LogP contribution in [-0.2, 0) is 14.3 Å². The normalized spacial score (nSPS) is 9.71. The van der Waals surface area contributed by atoms with Gasteiger partial charge < -0.3 is 9.47 Å². The second-order valence-corrected chi connectivity index (χ2v) is 4.86. The SMILES string of the molecule is C=Cc1ccc(NC(=O)OC(C)(C)C)nc1.CCOC=O. The number of hydrogen-bond donors (Lipinski definition) is 1. The Balaban J connectivity index is 0.000000690. The first-order valence-electron chi connectivity index (χ1n) is 6.46. The van der Waals surface area contributed by atoms with Crippen LogP contribution in [-0.4, -0.2) is 29.8 Å². The molecule has 1 amide bonds. The molecular formula is C15H22N2O4. The van der Waals surface area contributed by atoms with E-state index in [0.29, 0.717) is 18.9 Å². The summed E-state index contributed by atoms with van der Waals surface area (Å²) in [4.78, 5) is 24.6. The van der Waals surface area contributed by atoms with E-state index in [1.54, 1.807) is 46.0 Å². The number of nitrogens with one attached hydrogen (secondary N) is 1. The smallest absolute Gasteiger partial charge is 0.413 e. The van der Waals surface area contributed by atoms with Crippen LogP contribution in [0, 0.1) is 0 Å². The fraction of sp³-hybridized carbons (Fsp3) is 0.400. The maximum absolute atomic E-state index is 11.4.